The molecule has 3 aromatic rings. The summed E-state index contributed by atoms with van der Waals surface area (Å²) in [5, 5.41) is 0.710. The Balaban J connectivity index is 1.59. The summed E-state index contributed by atoms with van der Waals surface area (Å²) in [5.74, 6) is -0.397. The van der Waals surface area contributed by atoms with Crippen LogP contribution in [0.2, 0.25) is 10.0 Å². The van der Waals surface area contributed by atoms with Gasteiger partial charge >= 0.3 is 11.9 Å². The molecule has 1 aliphatic rings. The smallest absolute Gasteiger partial charge is 0.363 e. The third-order valence-corrected chi connectivity index (χ3v) is 5.58. The zero-order valence-corrected chi connectivity index (χ0v) is 19.1. The van der Waals surface area contributed by atoms with Crippen molar-refractivity contribution in [1.29, 1.82) is 0 Å². The van der Waals surface area contributed by atoms with Crippen molar-refractivity contribution in [1.82, 2.24) is 0 Å². The molecule has 4 rings (SSSR count). The zero-order valence-electron chi connectivity index (χ0n) is 17.6. The standard InChI is InChI=1S/C25H17Cl2NO5/c1-14-5-3-4-6-17(14)24(29)32-21-10-7-15(12-22(21)31-2)11-20-25(30)33-23(28-20)16-8-9-18(26)19(27)13-16/h3-13H,1-2H3/b20-11-. The molecule has 0 unspecified atom stereocenters. The van der Waals surface area contributed by atoms with E-state index in [1.165, 1.54) is 7.11 Å². The topological polar surface area (TPSA) is 74.2 Å². The Kier molecular flexibility index (Phi) is 6.49. The van der Waals surface area contributed by atoms with Gasteiger partial charge in [-0.15, -0.1) is 0 Å². The van der Waals surface area contributed by atoms with Gasteiger partial charge in [-0.05, 0) is 60.5 Å². The number of aryl methyl sites for hydroxylation is 1. The summed E-state index contributed by atoms with van der Waals surface area (Å²) in [5.41, 5.74) is 2.50. The van der Waals surface area contributed by atoms with Crippen LogP contribution in [-0.4, -0.2) is 24.9 Å². The number of carbonyl (C=O) groups is 2. The number of hydrogen-bond acceptors (Lipinski definition) is 6. The fourth-order valence-electron chi connectivity index (χ4n) is 3.13. The van der Waals surface area contributed by atoms with Crippen molar-refractivity contribution in [3.05, 3.63) is 98.7 Å². The molecule has 0 N–H and O–H groups in total. The van der Waals surface area contributed by atoms with E-state index >= 15 is 0 Å². The molecular formula is C25H17Cl2NO5. The lowest BCUT2D eigenvalue weighted by Crippen LogP contribution is -2.10. The molecule has 0 saturated carbocycles. The van der Waals surface area contributed by atoms with E-state index in [-0.39, 0.29) is 17.3 Å². The number of methoxy groups -OCH3 is 1. The number of nitrogens with zero attached hydrogens (tertiary/aromatic N) is 1. The van der Waals surface area contributed by atoms with Crippen molar-refractivity contribution < 1.29 is 23.8 Å². The van der Waals surface area contributed by atoms with E-state index in [9.17, 15) is 9.59 Å². The molecule has 0 atom stereocenters. The molecule has 166 valence electrons. The van der Waals surface area contributed by atoms with Gasteiger partial charge in [-0.1, -0.05) is 47.5 Å². The van der Waals surface area contributed by atoms with Crippen molar-refractivity contribution in [3.63, 3.8) is 0 Å². The van der Waals surface area contributed by atoms with Gasteiger partial charge in [0.2, 0.25) is 5.90 Å². The highest BCUT2D eigenvalue weighted by Crippen LogP contribution is 2.31. The van der Waals surface area contributed by atoms with Crippen LogP contribution in [0.5, 0.6) is 11.5 Å². The second-order valence-corrected chi connectivity index (χ2v) is 7.89. The van der Waals surface area contributed by atoms with Crippen LogP contribution >= 0.6 is 23.2 Å². The maximum Gasteiger partial charge on any atom is 0.363 e. The molecule has 0 aliphatic carbocycles. The summed E-state index contributed by atoms with van der Waals surface area (Å²) in [4.78, 5) is 29.1. The summed E-state index contributed by atoms with van der Waals surface area (Å²) >= 11 is 12.0. The van der Waals surface area contributed by atoms with E-state index in [2.05, 4.69) is 4.99 Å². The number of hydrogen-bond donors (Lipinski definition) is 0. The van der Waals surface area contributed by atoms with Gasteiger partial charge in [-0.2, -0.15) is 0 Å². The Morgan fingerprint density at radius 2 is 1.79 bits per heavy atom. The normalized spacial score (nSPS) is 14.1. The van der Waals surface area contributed by atoms with Crippen LogP contribution in [-0.2, 0) is 9.53 Å². The summed E-state index contributed by atoms with van der Waals surface area (Å²) in [6.45, 7) is 1.83. The van der Waals surface area contributed by atoms with Crippen LogP contribution < -0.4 is 9.47 Å². The first kappa shape index (κ1) is 22.6. The van der Waals surface area contributed by atoms with E-state index in [0.29, 0.717) is 32.5 Å². The van der Waals surface area contributed by atoms with Gasteiger partial charge in [0.05, 0.1) is 22.7 Å². The molecule has 0 radical (unpaired) electrons. The average Bonchev–Trinajstić information content (AvgIpc) is 3.16. The SMILES string of the molecule is COc1cc(/C=C2\N=C(c3ccc(Cl)c(Cl)c3)OC2=O)ccc1OC(=O)c1ccccc1C. The van der Waals surface area contributed by atoms with Crippen LogP contribution in [0.15, 0.2) is 71.4 Å². The van der Waals surface area contributed by atoms with E-state index in [1.54, 1.807) is 54.6 Å². The number of ether oxygens (including phenoxy) is 3. The van der Waals surface area contributed by atoms with Crippen molar-refractivity contribution in [2.75, 3.05) is 7.11 Å². The molecule has 8 heteroatoms. The molecule has 0 spiro atoms. The van der Waals surface area contributed by atoms with Gasteiger partial charge in [-0.3, -0.25) is 0 Å². The Hall–Kier alpha value is -3.61. The minimum absolute atomic E-state index is 0.0998. The molecule has 33 heavy (non-hydrogen) atoms. The van der Waals surface area contributed by atoms with Gasteiger partial charge < -0.3 is 14.2 Å². The third kappa shape index (κ3) is 4.92. The maximum absolute atomic E-state index is 12.5. The minimum Gasteiger partial charge on any atom is -0.493 e. The van der Waals surface area contributed by atoms with Crippen LogP contribution in [0, 0.1) is 6.92 Å². The second kappa shape index (κ2) is 9.48. The Bertz CT molecular complexity index is 1330. The molecule has 3 aromatic carbocycles. The number of cyclic esters (lactones) is 1. The highest BCUT2D eigenvalue weighted by molar-refractivity contribution is 6.42. The van der Waals surface area contributed by atoms with Crippen molar-refractivity contribution in [3.8, 4) is 11.5 Å². The molecular weight excluding hydrogens is 465 g/mol. The van der Waals surface area contributed by atoms with Gasteiger partial charge in [0.15, 0.2) is 17.2 Å². The number of halogens is 2. The van der Waals surface area contributed by atoms with E-state index < -0.39 is 11.9 Å². The highest BCUT2D eigenvalue weighted by atomic mass is 35.5. The van der Waals surface area contributed by atoms with Gasteiger partial charge in [-0.25, -0.2) is 14.6 Å². The van der Waals surface area contributed by atoms with E-state index in [1.807, 2.05) is 19.1 Å². The molecule has 6 nitrogen and oxygen atoms in total. The molecule has 1 aliphatic heterocycles. The van der Waals surface area contributed by atoms with Crippen LogP contribution in [0.25, 0.3) is 6.08 Å². The van der Waals surface area contributed by atoms with E-state index in [4.69, 9.17) is 37.4 Å². The lowest BCUT2D eigenvalue weighted by Gasteiger charge is -2.11. The fraction of sp³-hybridized carbons (Fsp3) is 0.0800. The Labute approximate surface area is 200 Å². The Morgan fingerprint density at radius 1 is 1.00 bits per heavy atom. The fourth-order valence-corrected chi connectivity index (χ4v) is 3.43. The number of benzene rings is 3. The number of esters is 2. The lowest BCUT2D eigenvalue weighted by molar-refractivity contribution is -0.129. The monoisotopic (exact) mass is 481 g/mol. The molecule has 0 saturated heterocycles. The van der Waals surface area contributed by atoms with Crippen molar-refractivity contribution in [2.45, 2.75) is 6.92 Å². The van der Waals surface area contributed by atoms with Crippen LogP contribution in [0.4, 0.5) is 0 Å². The largest absolute Gasteiger partial charge is 0.493 e. The van der Waals surface area contributed by atoms with E-state index in [0.717, 1.165) is 5.56 Å². The molecule has 0 aromatic heterocycles. The lowest BCUT2D eigenvalue weighted by atomic mass is 10.1. The van der Waals surface area contributed by atoms with Crippen molar-refractivity contribution >= 4 is 47.1 Å². The highest BCUT2D eigenvalue weighted by Gasteiger charge is 2.25. The molecule has 1 heterocycles. The first-order chi connectivity index (χ1) is 15.9. The average molecular weight is 482 g/mol. The molecule has 0 bridgehead atoms. The van der Waals surface area contributed by atoms with Crippen molar-refractivity contribution in [2.24, 2.45) is 4.99 Å². The first-order valence-electron chi connectivity index (χ1n) is 9.79. The van der Waals surface area contributed by atoms with Crippen LogP contribution in [0.3, 0.4) is 0 Å². The zero-order chi connectivity index (χ0) is 23.5. The predicted molar refractivity (Wildman–Crippen MR) is 126 cm³/mol. The summed E-state index contributed by atoms with van der Waals surface area (Å²) in [6, 6.07) is 16.9. The second-order valence-electron chi connectivity index (χ2n) is 7.08. The summed E-state index contributed by atoms with van der Waals surface area (Å²) in [6.07, 6.45) is 1.54. The third-order valence-electron chi connectivity index (χ3n) is 4.85. The van der Waals surface area contributed by atoms with Crippen LogP contribution in [0.1, 0.15) is 27.0 Å². The number of aliphatic imine (C=N–C) groups is 1. The number of rotatable bonds is 5. The predicted octanol–water partition coefficient (Wildman–Crippen LogP) is 5.87. The summed E-state index contributed by atoms with van der Waals surface area (Å²) < 4.78 is 16.2. The minimum atomic E-state index is -0.606. The quantitative estimate of drug-likeness (QED) is 0.258. The maximum atomic E-state index is 12.5. The molecule has 0 fully saturated rings. The first-order valence-corrected chi connectivity index (χ1v) is 10.5. The Morgan fingerprint density at radius 3 is 2.52 bits per heavy atom. The molecule has 0 amide bonds. The number of carbonyl (C=O) groups excluding carboxylic acids is 2. The van der Waals surface area contributed by atoms with Gasteiger partial charge in [0.1, 0.15) is 0 Å². The van der Waals surface area contributed by atoms with Gasteiger partial charge in [0, 0.05) is 5.56 Å². The van der Waals surface area contributed by atoms with Gasteiger partial charge in [0.25, 0.3) is 0 Å². The summed E-state index contributed by atoms with van der Waals surface area (Å²) in [7, 11) is 1.46.